The third-order valence-electron chi connectivity index (χ3n) is 5.11. The van der Waals surface area contributed by atoms with Crippen molar-refractivity contribution >= 4 is 12.6 Å². The number of carbonyl (C=O) groups is 2. The molecule has 0 aliphatic carbocycles. The lowest BCUT2D eigenvalue weighted by atomic mass is 10.1. The highest BCUT2D eigenvalue weighted by Crippen LogP contribution is 2.21. The summed E-state index contributed by atoms with van der Waals surface area (Å²) >= 11 is 0. The molecule has 0 bridgehead atoms. The SMILES string of the molecule is CCCCCCCCCCCC(Oc1ccc(C=O)cc1)Oc1ccc(C=O)cc1. The van der Waals surface area contributed by atoms with Crippen molar-refractivity contribution in [3.05, 3.63) is 59.7 Å². The first-order valence-electron chi connectivity index (χ1n) is 11.2. The molecule has 0 atom stereocenters. The van der Waals surface area contributed by atoms with Crippen LogP contribution in [0.2, 0.25) is 0 Å². The van der Waals surface area contributed by atoms with Gasteiger partial charge >= 0.3 is 0 Å². The van der Waals surface area contributed by atoms with Crippen LogP contribution in [0.25, 0.3) is 0 Å². The predicted octanol–water partition coefficient (Wildman–Crippen LogP) is 7.02. The average molecular weight is 411 g/mol. The second-order valence-electron chi connectivity index (χ2n) is 7.66. The van der Waals surface area contributed by atoms with Gasteiger partial charge in [0.2, 0.25) is 6.29 Å². The number of rotatable bonds is 16. The van der Waals surface area contributed by atoms with Crippen LogP contribution in [-0.4, -0.2) is 18.9 Å². The fraction of sp³-hybridized carbons (Fsp3) is 0.462. The largest absolute Gasteiger partial charge is 0.455 e. The summed E-state index contributed by atoms with van der Waals surface area (Å²) < 4.78 is 12.1. The molecule has 0 aliphatic rings. The van der Waals surface area contributed by atoms with E-state index in [9.17, 15) is 9.59 Å². The van der Waals surface area contributed by atoms with E-state index in [0.717, 1.165) is 31.8 Å². The Kier molecular flexibility index (Phi) is 11.3. The zero-order valence-electron chi connectivity index (χ0n) is 18.1. The van der Waals surface area contributed by atoms with Gasteiger partial charge in [-0.15, -0.1) is 0 Å². The second-order valence-corrected chi connectivity index (χ2v) is 7.66. The molecule has 0 fully saturated rings. The number of unbranched alkanes of at least 4 members (excludes halogenated alkanes) is 8. The van der Waals surface area contributed by atoms with Crippen molar-refractivity contribution < 1.29 is 19.1 Å². The van der Waals surface area contributed by atoms with E-state index in [1.165, 1.54) is 44.9 Å². The van der Waals surface area contributed by atoms with Crippen molar-refractivity contribution in [2.75, 3.05) is 0 Å². The number of aldehydes is 2. The van der Waals surface area contributed by atoms with Gasteiger partial charge in [-0.25, -0.2) is 0 Å². The van der Waals surface area contributed by atoms with Crippen molar-refractivity contribution in [3.63, 3.8) is 0 Å². The maximum atomic E-state index is 10.8. The van der Waals surface area contributed by atoms with Crippen LogP contribution >= 0.6 is 0 Å². The first kappa shape index (κ1) is 23.7. The summed E-state index contributed by atoms with van der Waals surface area (Å²) in [5.41, 5.74) is 1.23. The molecule has 0 unspecified atom stereocenters. The van der Waals surface area contributed by atoms with Gasteiger partial charge in [-0.3, -0.25) is 9.59 Å². The molecule has 0 heterocycles. The summed E-state index contributed by atoms with van der Waals surface area (Å²) in [6.07, 6.45) is 13.4. The topological polar surface area (TPSA) is 52.6 Å². The third-order valence-corrected chi connectivity index (χ3v) is 5.11. The van der Waals surface area contributed by atoms with Gasteiger partial charge in [-0.05, 0) is 55.0 Å². The first-order valence-corrected chi connectivity index (χ1v) is 11.2. The van der Waals surface area contributed by atoms with Gasteiger partial charge in [-0.1, -0.05) is 58.3 Å². The lowest BCUT2D eigenvalue weighted by molar-refractivity contribution is -0.00246. The van der Waals surface area contributed by atoms with E-state index in [2.05, 4.69) is 6.92 Å². The van der Waals surface area contributed by atoms with Crippen LogP contribution in [0.1, 0.15) is 91.8 Å². The molecule has 162 valence electrons. The van der Waals surface area contributed by atoms with Crippen LogP contribution in [0.5, 0.6) is 11.5 Å². The maximum absolute atomic E-state index is 10.8. The van der Waals surface area contributed by atoms with E-state index in [4.69, 9.17) is 9.47 Å². The normalized spacial score (nSPS) is 10.7. The van der Waals surface area contributed by atoms with Gasteiger partial charge in [0.1, 0.15) is 24.1 Å². The molecule has 0 amide bonds. The number of hydrogen-bond donors (Lipinski definition) is 0. The molecule has 0 saturated carbocycles. The fourth-order valence-electron chi connectivity index (χ4n) is 3.32. The molecule has 2 aromatic rings. The Morgan fingerprint density at radius 1 is 0.633 bits per heavy atom. The molecule has 2 aromatic carbocycles. The van der Waals surface area contributed by atoms with Gasteiger partial charge < -0.3 is 9.47 Å². The van der Waals surface area contributed by atoms with E-state index >= 15 is 0 Å². The fourth-order valence-corrected chi connectivity index (χ4v) is 3.32. The highest BCUT2D eigenvalue weighted by atomic mass is 16.7. The van der Waals surface area contributed by atoms with Crippen molar-refractivity contribution in [1.82, 2.24) is 0 Å². The molecule has 0 N–H and O–H groups in total. The molecule has 0 radical (unpaired) electrons. The minimum absolute atomic E-state index is 0.418. The van der Waals surface area contributed by atoms with E-state index in [1.807, 2.05) is 0 Å². The Balaban J connectivity index is 1.83. The molecule has 0 aliphatic heterocycles. The summed E-state index contributed by atoms with van der Waals surface area (Å²) in [7, 11) is 0. The number of carbonyl (C=O) groups excluding carboxylic acids is 2. The molecule has 0 aromatic heterocycles. The maximum Gasteiger partial charge on any atom is 0.241 e. The summed E-state index contributed by atoms with van der Waals surface area (Å²) in [5.74, 6) is 1.34. The molecule has 0 spiro atoms. The summed E-state index contributed by atoms with van der Waals surface area (Å²) in [4.78, 5) is 21.7. The Morgan fingerprint density at radius 3 is 1.43 bits per heavy atom. The summed E-state index contributed by atoms with van der Waals surface area (Å²) in [6, 6.07) is 14.1. The van der Waals surface area contributed by atoms with Crippen molar-refractivity contribution in [3.8, 4) is 11.5 Å². The van der Waals surface area contributed by atoms with E-state index in [-0.39, 0.29) is 0 Å². The van der Waals surface area contributed by atoms with Gasteiger partial charge in [0, 0.05) is 17.5 Å². The third kappa shape index (κ3) is 9.25. The number of ether oxygens (including phenoxy) is 2. The van der Waals surface area contributed by atoms with E-state index in [1.54, 1.807) is 48.5 Å². The van der Waals surface area contributed by atoms with Gasteiger partial charge in [0.05, 0.1) is 0 Å². The standard InChI is InChI=1S/C26H34O4/c1-2-3-4-5-6-7-8-9-10-11-26(29-24-16-12-22(20-27)13-17-24)30-25-18-14-23(21-28)15-19-25/h12-21,26H,2-11H2,1H3. The van der Waals surface area contributed by atoms with Crippen LogP contribution < -0.4 is 9.47 Å². The molecule has 4 nitrogen and oxygen atoms in total. The zero-order chi connectivity index (χ0) is 21.4. The monoisotopic (exact) mass is 410 g/mol. The van der Waals surface area contributed by atoms with Gasteiger partial charge in [-0.2, -0.15) is 0 Å². The zero-order valence-corrected chi connectivity index (χ0v) is 18.1. The Bertz CT molecular complexity index is 668. The highest BCUT2D eigenvalue weighted by molar-refractivity contribution is 5.75. The van der Waals surface area contributed by atoms with Crippen molar-refractivity contribution in [1.29, 1.82) is 0 Å². The van der Waals surface area contributed by atoms with Crippen LogP contribution in [0.15, 0.2) is 48.5 Å². The van der Waals surface area contributed by atoms with Crippen LogP contribution in [0.4, 0.5) is 0 Å². The highest BCUT2D eigenvalue weighted by Gasteiger charge is 2.13. The smallest absolute Gasteiger partial charge is 0.241 e. The minimum atomic E-state index is -0.418. The van der Waals surface area contributed by atoms with E-state index in [0.29, 0.717) is 22.6 Å². The quantitative estimate of drug-likeness (QED) is 0.170. The molecule has 30 heavy (non-hydrogen) atoms. The second kappa shape index (κ2) is 14.4. The first-order chi connectivity index (χ1) is 14.7. The van der Waals surface area contributed by atoms with Crippen LogP contribution in [-0.2, 0) is 0 Å². The van der Waals surface area contributed by atoms with E-state index < -0.39 is 6.29 Å². The van der Waals surface area contributed by atoms with Gasteiger partial charge in [0.15, 0.2) is 0 Å². The lowest BCUT2D eigenvalue weighted by Crippen LogP contribution is -2.24. The van der Waals surface area contributed by atoms with Gasteiger partial charge in [0.25, 0.3) is 0 Å². The summed E-state index contributed by atoms with van der Waals surface area (Å²) in [6.45, 7) is 2.24. The molecular formula is C26H34O4. The predicted molar refractivity (Wildman–Crippen MR) is 121 cm³/mol. The Morgan fingerprint density at radius 2 is 1.03 bits per heavy atom. The molecule has 4 heteroatoms. The average Bonchev–Trinajstić information content (AvgIpc) is 2.79. The molecular weight excluding hydrogens is 376 g/mol. The molecule has 0 saturated heterocycles. The number of benzene rings is 2. The number of hydrogen-bond acceptors (Lipinski definition) is 4. The molecule has 2 rings (SSSR count). The van der Waals surface area contributed by atoms with Crippen molar-refractivity contribution in [2.45, 2.75) is 77.4 Å². The Labute approximate surface area is 180 Å². The van der Waals surface area contributed by atoms with Crippen LogP contribution in [0, 0.1) is 0 Å². The van der Waals surface area contributed by atoms with Crippen LogP contribution in [0.3, 0.4) is 0 Å². The van der Waals surface area contributed by atoms with Crippen molar-refractivity contribution in [2.24, 2.45) is 0 Å². The summed E-state index contributed by atoms with van der Waals surface area (Å²) in [5, 5.41) is 0. The lowest BCUT2D eigenvalue weighted by Gasteiger charge is -2.21. The minimum Gasteiger partial charge on any atom is -0.455 e. The Hall–Kier alpha value is -2.62.